The minimum absolute atomic E-state index is 0.0434. The number of carbonyl (C=O) groups excluding carboxylic acids is 2. The summed E-state index contributed by atoms with van der Waals surface area (Å²) >= 11 is 0. The third kappa shape index (κ3) is 3.83. The molecule has 2 fully saturated rings. The van der Waals surface area contributed by atoms with Crippen LogP contribution in [0.15, 0.2) is 24.3 Å². The zero-order chi connectivity index (χ0) is 18.8. The van der Waals surface area contributed by atoms with Crippen molar-refractivity contribution in [3.8, 4) is 0 Å². The molecule has 27 heavy (non-hydrogen) atoms. The van der Waals surface area contributed by atoms with Gasteiger partial charge in [0.15, 0.2) is 0 Å². The SMILES string of the molecule is CCCCC1CCC(C(=O)NC2CC3C(=O)Nc4ccccc4N3C2)CC1. The van der Waals surface area contributed by atoms with Gasteiger partial charge in [-0.2, -0.15) is 0 Å². The van der Waals surface area contributed by atoms with Crippen LogP contribution in [0.25, 0.3) is 0 Å². The van der Waals surface area contributed by atoms with E-state index >= 15 is 0 Å². The molecule has 1 saturated heterocycles. The zero-order valence-electron chi connectivity index (χ0n) is 16.2. The molecule has 0 spiro atoms. The van der Waals surface area contributed by atoms with Gasteiger partial charge in [0.2, 0.25) is 11.8 Å². The molecule has 5 heteroatoms. The summed E-state index contributed by atoms with van der Waals surface area (Å²) in [5.41, 5.74) is 1.94. The highest BCUT2D eigenvalue weighted by molar-refractivity contribution is 6.04. The van der Waals surface area contributed by atoms with E-state index in [9.17, 15) is 9.59 Å². The molecule has 3 aliphatic rings. The van der Waals surface area contributed by atoms with Crippen molar-refractivity contribution in [1.29, 1.82) is 0 Å². The molecule has 1 aromatic rings. The number of para-hydroxylation sites is 2. The van der Waals surface area contributed by atoms with E-state index in [1.165, 1.54) is 32.1 Å². The molecule has 2 unspecified atom stereocenters. The fraction of sp³-hybridized carbons (Fsp3) is 0.636. The van der Waals surface area contributed by atoms with Crippen molar-refractivity contribution < 1.29 is 9.59 Å². The van der Waals surface area contributed by atoms with Crippen LogP contribution in [-0.4, -0.2) is 30.4 Å². The van der Waals surface area contributed by atoms with Crippen molar-refractivity contribution in [2.24, 2.45) is 11.8 Å². The first-order chi connectivity index (χ1) is 13.2. The molecule has 2 atom stereocenters. The monoisotopic (exact) mass is 369 g/mol. The first kappa shape index (κ1) is 18.3. The van der Waals surface area contributed by atoms with Crippen molar-refractivity contribution in [3.63, 3.8) is 0 Å². The summed E-state index contributed by atoms with van der Waals surface area (Å²) in [6.07, 6.45) is 8.99. The maximum Gasteiger partial charge on any atom is 0.247 e. The number of anilines is 2. The average Bonchev–Trinajstić information content (AvgIpc) is 3.11. The van der Waals surface area contributed by atoms with E-state index in [1.807, 2.05) is 24.3 Å². The van der Waals surface area contributed by atoms with Crippen molar-refractivity contribution in [3.05, 3.63) is 24.3 Å². The van der Waals surface area contributed by atoms with Crippen LogP contribution in [0.1, 0.15) is 58.3 Å². The predicted molar refractivity (Wildman–Crippen MR) is 108 cm³/mol. The lowest BCUT2D eigenvalue weighted by Crippen LogP contribution is -2.44. The summed E-state index contributed by atoms with van der Waals surface area (Å²) < 4.78 is 0. The molecule has 2 aliphatic heterocycles. The van der Waals surface area contributed by atoms with Crippen LogP contribution in [0.4, 0.5) is 11.4 Å². The number of rotatable bonds is 5. The standard InChI is InChI=1S/C22H31N3O2/c1-2-3-6-15-9-11-16(12-10-15)21(26)23-17-13-20-22(27)24-18-7-4-5-8-19(18)25(20)14-17/h4-5,7-8,15-17,20H,2-3,6,9-14H2,1H3,(H,23,26)(H,24,27). The highest BCUT2D eigenvalue weighted by Crippen LogP contribution is 2.37. The van der Waals surface area contributed by atoms with E-state index in [0.29, 0.717) is 13.0 Å². The average molecular weight is 370 g/mol. The second-order valence-corrected chi connectivity index (χ2v) is 8.48. The van der Waals surface area contributed by atoms with E-state index < -0.39 is 0 Å². The Balaban J connectivity index is 1.33. The van der Waals surface area contributed by atoms with Gasteiger partial charge in [-0.05, 0) is 50.2 Å². The Kier molecular flexibility index (Phi) is 5.37. The third-order valence-electron chi connectivity index (χ3n) is 6.60. The van der Waals surface area contributed by atoms with Crippen LogP contribution < -0.4 is 15.5 Å². The topological polar surface area (TPSA) is 61.4 Å². The first-order valence-electron chi connectivity index (χ1n) is 10.6. The number of hydrogen-bond donors (Lipinski definition) is 2. The lowest BCUT2D eigenvalue weighted by molar-refractivity contribution is -0.127. The molecule has 2 N–H and O–H groups in total. The van der Waals surface area contributed by atoms with Gasteiger partial charge in [0.25, 0.3) is 0 Å². The van der Waals surface area contributed by atoms with Crippen LogP contribution in [0.3, 0.4) is 0 Å². The van der Waals surface area contributed by atoms with Gasteiger partial charge in [-0.15, -0.1) is 0 Å². The lowest BCUT2D eigenvalue weighted by Gasteiger charge is -2.32. The summed E-state index contributed by atoms with van der Waals surface area (Å²) in [6, 6.07) is 7.80. The first-order valence-corrected chi connectivity index (χ1v) is 10.6. The van der Waals surface area contributed by atoms with Gasteiger partial charge in [-0.25, -0.2) is 0 Å². The van der Waals surface area contributed by atoms with E-state index in [2.05, 4.69) is 22.5 Å². The number of benzene rings is 1. The maximum atomic E-state index is 12.8. The van der Waals surface area contributed by atoms with Crippen molar-refractivity contribution in [2.75, 3.05) is 16.8 Å². The number of carbonyl (C=O) groups is 2. The Bertz CT molecular complexity index is 697. The fourth-order valence-electron chi connectivity index (χ4n) is 5.03. The zero-order valence-corrected chi connectivity index (χ0v) is 16.2. The Labute approximate surface area is 161 Å². The van der Waals surface area contributed by atoms with Crippen molar-refractivity contribution in [1.82, 2.24) is 5.32 Å². The van der Waals surface area contributed by atoms with Crippen LogP contribution in [0.2, 0.25) is 0 Å². The molecule has 4 rings (SSSR count). The van der Waals surface area contributed by atoms with E-state index in [0.717, 1.165) is 30.1 Å². The Morgan fingerprint density at radius 2 is 2.00 bits per heavy atom. The van der Waals surface area contributed by atoms with Gasteiger partial charge in [-0.3, -0.25) is 9.59 Å². The largest absolute Gasteiger partial charge is 0.356 e. The summed E-state index contributed by atoms with van der Waals surface area (Å²) in [7, 11) is 0. The second-order valence-electron chi connectivity index (χ2n) is 8.48. The summed E-state index contributed by atoms with van der Waals surface area (Å²) in [5.74, 6) is 1.21. The van der Waals surface area contributed by atoms with Gasteiger partial charge in [-0.1, -0.05) is 38.3 Å². The molecule has 2 amide bonds. The Morgan fingerprint density at radius 1 is 1.22 bits per heavy atom. The van der Waals surface area contributed by atoms with E-state index in [-0.39, 0.29) is 29.8 Å². The number of amides is 2. The molecule has 146 valence electrons. The fourth-order valence-corrected chi connectivity index (χ4v) is 5.03. The number of fused-ring (bicyclic) bond motifs is 3. The number of nitrogens with zero attached hydrogens (tertiary/aromatic N) is 1. The van der Waals surface area contributed by atoms with Crippen LogP contribution >= 0.6 is 0 Å². The second kappa shape index (κ2) is 7.91. The Morgan fingerprint density at radius 3 is 2.78 bits per heavy atom. The van der Waals surface area contributed by atoms with Crippen LogP contribution in [0, 0.1) is 11.8 Å². The summed E-state index contributed by atoms with van der Waals surface area (Å²) in [5, 5.41) is 6.25. The molecule has 2 heterocycles. The molecule has 1 aliphatic carbocycles. The van der Waals surface area contributed by atoms with Gasteiger partial charge in [0, 0.05) is 18.5 Å². The van der Waals surface area contributed by atoms with E-state index in [1.54, 1.807) is 0 Å². The summed E-state index contributed by atoms with van der Waals surface area (Å²) in [6.45, 7) is 2.96. The highest BCUT2D eigenvalue weighted by Gasteiger charge is 2.41. The minimum Gasteiger partial charge on any atom is -0.356 e. The van der Waals surface area contributed by atoms with Gasteiger partial charge < -0.3 is 15.5 Å². The number of nitrogens with one attached hydrogen (secondary N) is 2. The van der Waals surface area contributed by atoms with Crippen LogP contribution in [0.5, 0.6) is 0 Å². The molecule has 0 radical (unpaired) electrons. The van der Waals surface area contributed by atoms with E-state index in [4.69, 9.17) is 0 Å². The van der Waals surface area contributed by atoms with Gasteiger partial charge in [0.1, 0.15) is 6.04 Å². The third-order valence-corrected chi connectivity index (χ3v) is 6.60. The van der Waals surface area contributed by atoms with Gasteiger partial charge in [0.05, 0.1) is 11.4 Å². The quantitative estimate of drug-likeness (QED) is 0.832. The minimum atomic E-state index is -0.171. The molecule has 1 saturated carbocycles. The Hall–Kier alpha value is -2.04. The molecule has 0 aromatic heterocycles. The van der Waals surface area contributed by atoms with Crippen molar-refractivity contribution >= 4 is 23.2 Å². The number of unbranched alkanes of at least 4 members (excludes halogenated alkanes) is 1. The molecule has 1 aromatic carbocycles. The van der Waals surface area contributed by atoms with Crippen molar-refractivity contribution in [2.45, 2.75) is 70.4 Å². The number of hydrogen-bond acceptors (Lipinski definition) is 3. The van der Waals surface area contributed by atoms with Crippen LogP contribution in [-0.2, 0) is 9.59 Å². The maximum absolute atomic E-state index is 12.8. The molecular formula is C22H31N3O2. The molecule has 0 bridgehead atoms. The molecular weight excluding hydrogens is 338 g/mol. The predicted octanol–water partition coefficient (Wildman–Crippen LogP) is 3.70. The summed E-state index contributed by atoms with van der Waals surface area (Å²) in [4.78, 5) is 27.4. The lowest BCUT2D eigenvalue weighted by atomic mass is 9.79. The normalized spacial score (nSPS) is 29.7. The van der Waals surface area contributed by atoms with Gasteiger partial charge >= 0.3 is 0 Å². The smallest absolute Gasteiger partial charge is 0.247 e. The molecule has 5 nitrogen and oxygen atoms in total. The highest BCUT2D eigenvalue weighted by atomic mass is 16.2.